The van der Waals surface area contributed by atoms with Crippen molar-refractivity contribution in [3.8, 4) is 0 Å². The molecule has 94 valence electrons. The van der Waals surface area contributed by atoms with E-state index in [-0.39, 0.29) is 0 Å². The summed E-state index contributed by atoms with van der Waals surface area (Å²) in [6.45, 7) is 6.33. The summed E-state index contributed by atoms with van der Waals surface area (Å²) < 4.78 is 0. The van der Waals surface area contributed by atoms with E-state index >= 15 is 0 Å². The Labute approximate surface area is 107 Å². The minimum Gasteiger partial charge on any atom is -0.478 e. The van der Waals surface area contributed by atoms with Crippen LogP contribution in [-0.4, -0.2) is 21.8 Å². The molecule has 0 aromatic carbocycles. The largest absolute Gasteiger partial charge is 0.478 e. The zero-order chi connectivity index (χ0) is 12.8. The van der Waals surface area contributed by atoms with Crippen LogP contribution in [0.15, 0.2) is 17.2 Å². The van der Waals surface area contributed by atoms with Crippen LogP contribution >= 0.6 is 11.8 Å². The third-order valence-electron chi connectivity index (χ3n) is 2.68. The van der Waals surface area contributed by atoms with E-state index < -0.39 is 5.97 Å². The summed E-state index contributed by atoms with van der Waals surface area (Å²) in [5, 5.41) is 9.84. The second kappa shape index (κ2) is 6.64. The Morgan fingerprint density at radius 2 is 2.18 bits per heavy atom. The Morgan fingerprint density at radius 3 is 2.71 bits per heavy atom. The molecule has 1 unspecified atom stereocenters. The molecule has 0 saturated heterocycles. The van der Waals surface area contributed by atoms with E-state index in [1.54, 1.807) is 23.9 Å². The number of rotatable bonds is 6. The summed E-state index contributed by atoms with van der Waals surface area (Å²) in [5.41, 5.74) is 1.18. The molecule has 0 spiro atoms. The summed E-state index contributed by atoms with van der Waals surface area (Å²) >= 11 is 1.64. The van der Waals surface area contributed by atoms with E-state index in [1.807, 2.05) is 6.92 Å². The number of pyridine rings is 1. The summed E-state index contributed by atoms with van der Waals surface area (Å²) in [7, 11) is 0. The zero-order valence-electron chi connectivity index (χ0n) is 10.6. The van der Waals surface area contributed by atoms with Crippen molar-refractivity contribution in [1.82, 2.24) is 4.98 Å². The molecular weight excluding hydrogens is 234 g/mol. The van der Waals surface area contributed by atoms with Crippen LogP contribution in [0.25, 0.3) is 0 Å². The van der Waals surface area contributed by atoms with Crippen LogP contribution in [0.2, 0.25) is 0 Å². The van der Waals surface area contributed by atoms with Gasteiger partial charge in [0.2, 0.25) is 0 Å². The van der Waals surface area contributed by atoms with Gasteiger partial charge < -0.3 is 5.11 Å². The van der Waals surface area contributed by atoms with Gasteiger partial charge in [-0.3, -0.25) is 0 Å². The molecule has 1 aromatic rings. The number of carboxylic acid groups (broad SMARTS) is 1. The second-order valence-electron chi connectivity index (χ2n) is 4.17. The quantitative estimate of drug-likeness (QED) is 0.789. The molecule has 0 fully saturated rings. The summed E-state index contributed by atoms with van der Waals surface area (Å²) in [6, 6.07) is 3.31. The number of carbonyl (C=O) groups is 1. The average molecular weight is 253 g/mol. The molecule has 0 aliphatic rings. The van der Waals surface area contributed by atoms with Crippen molar-refractivity contribution in [1.29, 1.82) is 0 Å². The maximum atomic E-state index is 11.0. The van der Waals surface area contributed by atoms with Crippen LogP contribution < -0.4 is 0 Å². The maximum absolute atomic E-state index is 11.0. The minimum atomic E-state index is -0.882. The molecule has 1 N–H and O–H groups in total. The van der Waals surface area contributed by atoms with Gasteiger partial charge >= 0.3 is 5.97 Å². The smallest absolute Gasteiger partial charge is 0.335 e. The number of nitrogens with zero attached hydrogens (tertiary/aromatic N) is 1. The van der Waals surface area contributed by atoms with Gasteiger partial charge in [0.1, 0.15) is 0 Å². The molecule has 17 heavy (non-hydrogen) atoms. The average Bonchev–Trinajstić information content (AvgIpc) is 2.35. The fourth-order valence-corrected chi connectivity index (χ4v) is 2.37. The Morgan fingerprint density at radius 1 is 1.47 bits per heavy atom. The summed E-state index contributed by atoms with van der Waals surface area (Å²) in [4.78, 5) is 15.4. The van der Waals surface area contributed by atoms with Crippen LogP contribution in [0.5, 0.6) is 0 Å². The third kappa shape index (κ3) is 4.38. The highest BCUT2D eigenvalue weighted by molar-refractivity contribution is 7.99. The fourth-order valence-electron chi connectivity index (χ4n) is 1.28. The third-order valence-corrected chi connectivity index (χ3v) is 3.92. The zero-order valence-corrected chi connectivity index (χ0v) is 11.4. The molecule has 0 aliphatic heterocycles. The summed E-state index contributed by atoms with van der Waals surface area (Å²) in [6.07, 6.45) is 1.89. The standard InChI is InChI=1S/C13H19NO2S/c1-4-9(3)8-17-12-7-10(13(15)16)6-11(5-2)14-12/h6-7,9H,4-5,8H2,1-3H3,(H,15,16). The molecule has 0 radical (unpaired) electrons. The van der Waals surface area contributed by atoms with E-state index in [4.69, 9.17) is 5.11 Å². The Kier molecular flexibility index (Phi) is 5.48. The molecule has 0 aliphatic carbocycles. The van der Waals surface area contributed by atoms with E-state index in [9.17, 15) is 4.79 Å². The lowest BCUT2D eigenvalue weighted by molar-refractivity contribution is 0.0696. The first-order chi connectivity index (χ1) is 8.06. The van der Waals surface area contributed by atoms with E-state index in [1.165, 1.54) is 0 Å². The lowest BCUT2D eigenvalue weighted by Crippen LogP contribution is -2.02. The van der Waals surface area contributed by atoms with Gasteiger partial charge in [-0.1, -0.05) is 27.2 Å². The van der Waals surface area contributed by atoms with Gasteiger partial charge in [0.15, 0.2) is 0 Å². The molecular formula is C13H19NO2S. The van der Waals surface area contributed by atoms with Gasteiger partial charge in [0, 0.05) is 11.4 Å². The number of aromatic carboxylic acids is 1. The monoisotopic (exact) mass is 253 g/mol. The number of hydrogen-bond acceptors (Lipinski definition) is 3. The number of aromatic nitrogens is 1. The van der Waals surface area contributed by atoms with Gasteiger partial charge in [0.05, 0.1) is 10.6 Å². The minimum absolute atomic E-state index is 0.337. The predicted octanol–water partition coefficient (Wildman–Crippen LogP) is 3.48. The molecule has 4 heteroatoms. The fraction of sp³-hybridized carbons (Fsp3) is 0.538. The normalized spacial score (nSPS) is 12.4. The van der Waals surface area contributed by atoms with Crippen molar-refractivity contribution in [2.45, 2.75) is 38.6 Å². The first-order valence-electron chi connectivity index (χ1n) is 5.93. The highest BCUT2D eigenvalue weighted by Crippen LogP contribution is 2.22. The van der Waals surface area contributed by atoms with Gasteiger partial charge in [0.25, 0.3) is 0 Å². The van der Waals surface area contributed by atoms with Crippen LogP contribution in [0.1, 0.15) is 43.2 Å². The van der Waals surface area contributed by atoms with Gasteiger partial charge in [-0.15, -0.1) is 11.8 Å². The van der Waals surface area contributed by atoms with Gasteiger partial charge in [-0.2, -0.15) is 0 Å². The number of carboxylic acids is 1. The highest BCUT2D eigenvalue weighted by Gasteiger charge is 2.09. The van der Waals surface area contributed by atoms with E-state index in [0.29, 0.717) is 11.5 Å². The molecule has 1 rings (SSSR count). The van der Waals surface area contributed by atoms with Crippen molar-refractivity contribution in [2.24, 2.45) is 5.92 Å². The SMILES string of the molecule is CCc1cc(C(=O)O)cc(SCC(C)CC)n1. The van der Waals surface area contributed by atoms with Crippen LogP contribution in [-0.2, 0) is 6.42 Å². The molecule has 1 atom stereocenters. The summed E-state index contributed by atoms with van der Waals surface area (Å²) in [5.74, 6) is 0.725. The Hall–Kier alpha value is -1.03. The van der Waals surface area contributed by atoms with Crippen LogP contribution in [0, 0.1) is 5.92 Å². The maximum Gasteiger partial charge on any atom is 0.335 e. The van der Waals surface area contributed by atoms with E-state index in [0.717, 1.165) is 29.3 Å². The lowest BCUT2D eigenvalue weighted by atomic mass is 10.2. The van der Waals surface area contributed by atoms with Crippen molar-refractivity contribution >= 4 is 17.7 Å². The number of thioether (sulfide) groups is 1. The van der Waals surface area contributed by atoms with E-state index in [2.05, 4.69) is 18.8 Å². The predicted molar refractivity (Wildman–Crippen MR) is 70.8 cm³/mol. The molecule has 1 heterocycles. The van der Waals surface area contributed by atoms with Crippen molar-refractivity contribution in [3.63, 3.8) is 0 Å². The van der Waals surface area contributed by atoms with Crippen molar-refractivity contribution in [3.05, 3.63) is 23.4 Å². The van der Waals surface area contributed by atoms with Gasteiger partial charge in [-0.05, 0) is 24.5 Å². The molecule has 3 nitrogen and oxygen atoms in total. The first-order valence-corrected chi connectivity index (χ1v) is 6.92. The van der Waals surface area contributed by atoms with Crippen LogP contribution in [0.4, 0.5) is 0 Å². The van der Waals surface area contributed by atoms with Crippen molar-refractivity contribution in [2.75, 3.05) is 5.75 Å². The van der Waals surface area contributed by atoms with Crippen molar-refractivity contribution < 1.29 is 9.90 Å². The number of hydrogen-bond donors (Lipinski definition) is 1. The molecule has 1 aromatic heterocycles. The topological polar surface area (TPSA) is 50.2 Å². The molecule has 0 amide bonds. The number of aryl methyl sites for hydroxylation is 1. The lowest BCUT2D eigenvalue weighted by Gasteiger charge is -2.09. The Balaban J connectivity index is 2.83. The van der Waals surface area contributed by atoms with Gasteiger partial charge in [-0.25, -0.2) is 9.78 Å². The van der Waals surface area contributed by atoms with Crippen LogP contribution in [0.3, 0.4) is 0 Å². The highest BCUT2D eigenvalue weighted by atomic mass is 32.2. The first kappa shape index (κ1) is 14.0. The molecule has 0 bridgehead atoms. The Bertz CT molecular complexity index is 393. The molecule has 0 saturated carbocycles. The second-order valence-corrected chi connectivity index (χ2v) is 5.21.